The molecule has 0 bridgehead atoms. The molecule has 0 radical (unpaired) electrons. The van der Waals surface area contributed by atoms with E-state index in [1.807, 2.05) is 6.92 Å². The molecule has 4 heteroatoms. The van der Waals surface area contributed by atoms with Gasteiger partial charge in [0.25, 0.3) is 0 Å². The second kappa shape index (κ2) is 6.08. The van der Waals surface area contributed by atoms with E-state index < -0.39 is 0 Å². The van der Waals surface area contributed by atoms with Crippen molar-refractivity contribution in [2.45, 2.75) is 39.3 Å². The zero-order chi connectivity index (χ0) is 11.3. The van der Waals surface area contributed by atoms with Gasteiger partial charge in [0.05, 0.1) is 0 Å². The number of amides is 1. The molecule has 1 fully saturated rings. The standard InChI is InChI=1S/C11H23N3O/c1-4-12-11(15)5-6-14-7-9(2)13-10(3)8-14/h9-10,13H,4-8H2,1-3H3,(H,12,15). The van der Waals surface area contributed by atoms with Crippen molar-refractivity contribution in [2.24, 2.45) is 0 Å². The van der Waals surface area contributed by atoms with Gasteiger partial charge in [-0.15, -0.1) is 0 Å². The van der Waals surface area contributed by atoms with E-state index in [0.717, 1.165) is 26.2 Å². The number of nitrogens with one attached hydrogen (secondary N) is 2. The van der Waals surface area contributed by atoms with Crippen molar-refractivity contribution in [3.63, 3.8) is 0 Å². The number of carbonyl (C=O) groups excluding carboxylic acids is 1. The van der Waals surface area contributed by atoms with Crippen LogP contribution in [0.15, 0.2) is 0 Å². The van der Waals surface area contributed by atoms with Gasteiger partial charge in [-0.25, -0.2) is 0 Å². The van der Waals surface area contributed by atoms with Crippen molar-refractivity contribution >= 4 is 5.91 Å². The molecule has 4 nitrogen and oxygen atoms in total. The van der Waals surface area contributed by atoms with Crippen molar-refractivity contribution in [3.8, 4) is 0 Å². The molecule has 0 aromatic heterocycles. The van der Waals surface area contributed by atoms with Crippen molar-refractivity contribution in [1.82, 2.24) is 15.5 Å². The second-order valence-corrected chi connectivity index (χ2v) is 4.43. The lowest BCUT2D eigenvalue weighted by Crippen LogP contribution is -2.54. The fraction of sp³-hybridized carbons (Fsp3) is 0.909. The number of hydrogen-bond donors (Lipinski definition) is 2. The number of nitrogens with zero attached hydrogens (tertiary/aromatic N) is 1. The van der Waals surface area contributed by atoms with Crippen LogP contribution in [0.5, 0.6) is 0 Å². The maximum absolute atomic E-state index is 11.3. The first-order chi connectivity index (χ1) is 7.11. The Balaban J connectivity index is 2.23. The van der Waals surface area contributed by atoms with Crippen LogP contribution in [0.2, 0.25) is 0 Å². The molecule has 1 saturated heterocycles. The summed E-state index contributed by atoms with van der Waals surface area (Å²) in [6, 6.07) is 1.06. The largest absolute Gasteiger partial charge is 0.356 e. The highest BCUT2D eigenvalue weighted by Crippen LogP contribution is 2.04. The molecule has 0 aromatic rings. The third kappa shape index (κ3) is 4.62. The van der Waals surface area contributed by atoms with Crippen LogP contribution in [0.25, 0.3) is 0 Å². The van der Waals surface area contributed by atoms with Crippen LogP contribution in [-0.4, -0.2) is 49.1 Å². The summed E-state index contributed by atoms with van der Waals surface area (Å²) in [5, 5.41) is 6.31. The van der Waals surface area contributed by atoms with Gasteiger partial charge in [-0.2, -0.15) is 0 Å². The smallest absolute Gasteiger partial charge is 0.221 e. The minimum absolute atomic E-state index is 0.163. The second-order valence-electron chi connectivity index (χ2n) is 4.43. The SMILES string of the molecule is CCNC(=O)CCN1CC(C)NC(C)C1. The lowest BCUT2D eigenvalue weighted by Gasteiger charge is -2.35. The summed E-state index contributed by atoms with van der Waals surface area (Å²) in [6.45, 7) is 10.0. The molecule has 0 saturated carbocycles. The van der Waals surface area contributed by atoms with E-state index in [0.29, 0.717) is 18.5 Å². The average molecular weight is 213 g/mol. The molecule has 1 aliphatic rings. The normalized spacial score (nSPS) is 27.7. The van der Waals surface area contributed by atoms with E-state index >= 15 is 0 Å². The number of carbonyl (C=O) groups is 1. The summed E-state index contributed by atoms with van der Waals surface area (Å²) >= 11 is 0. The van der Waals surface area contributed by atoms with Crippen LogP contribution < -0.4 is 10.6 Å². The van der Waals surface area contributed by atoms with Gasteiger partial charge in [-0.1, -0.05) is 0 Å². The third-order valence-corrected chi connectivity index (χ3v) is 2.66. The molecule has 0 spiro atoms. The molecular weight excluding hydrogens is 190 g/mol. The molecule has 2 N–H and O–H groups in total. The molecule has 2 unspecified atom stereocenters. The Morgan fingerprint density at radius 3 is 2.53 bits per heavy atom. The zero-order valence-electron chi connectivity index (χ0n) is 10.0. The first kappa shape index (κ1) is 12.5. The molecule has 88 valence electrons. The number of rotatable bonds is 4. The van der Waals surface area contributed by atoms with Crippen LogP contribution in [0.4, 0.5) is 0 Å². The van der Waals surface area contributed by atoms with E-state index in [1.54, 1.807) is 0 Å². The van der Waals surface area contributed by atoms with Gasteiger partial charge in [0, 0.05) is 44.7 Å². The van der Waals surface area contributed by atoms with E-state index in [-0.39, 0.29) is 5.91 Å². The topological polar surface area (TPSA) is 44.4 Å². The van der Waals surface area contributed by atoms with Crippen LogP contribution in [-0.2, 0) is 4.79 Å². The maximum atomic E-state index is 11.3. The fourth-order valence-electron chi connectivity index (χ4n) is 2.17. The van der Waals surface area contributed by atoms with Crippen LogP contribution in [0.1, 0.15) is 27.2 Å². The van der Waals surface area contributed by atoms with Crippen molar-refractivity contribution in [1.29, 1.82) is 0 Å². The van der Waals surface area contributed by atoms with Crippen molar-refractivity contribution < 1.29 is 4.79 Å². The van der Waals surface area contributed by atoms with E-state index in [9.17, 15) is 4.79 Å². The Hall–Kier alpha value is -0.610. The van der Waals surface area contributed by atoms with Gasteiger partial charge in [-0.05, 0) is 20.8 Å². The van der Waals surface area contributed by atoms with Gasteiger partial charge in [0.15, 0.2) is 0 Å². The predicted octanol–water partition coefficient (Wildman–Crippen LogP) is 0.195. The highest BCUT2D eigenvalue weighted by molar-refractivity contribution is 5.75. The maximum Gasteiger partial charge on any atom is 0.221 e. The Morgan fingerprint density at radius 1 is 1.40 bits per heavy atom. The van der Waals surface area contributed by atoms with Crippen LogP contribution in [0.3, 0.4) is 0 Å². The summed E-state index contributed by atoms with van der Waals surface area (Å²) in [5.41, 5.74) is 0. The molecule has 1 aliphatic heterocycles. The summed E-state index contributed by atoms with van der Waals surface area (Å²) in [4.78, 5) is 13.7. The summed E-state index contributed by atoms with van der Waals surface area (Å²) in [6.07, 6.45) is 0.618. The Bertz CT molecular complexity index is 198. The Morgan fingerprint density at radius 2 is 2.00 bits per heavy atom. The highest BCUT2D eigenvalue weighted by Gasteiger charge is 2.20. The van der Waals surface area contributed by atoms with Crippen LogP contribution >= 0.6 is 0 Å². The van der Waals surface area contributed by atoms with Gasteiger partial charge in [-0.3, -0.25) is 9.69 Å². The lowest BCUT2D eigenvalue weighted by molar-refractivity contribution is -0.121. The molecule has 0 aliphatic carbocycles. The molecular formula is C11H23N3O. The monoisotopic (exact) mass is 213 g/mol. The van der Waals surface area contributed by atoms with E-state index in [2.05, 4.69) is 29.4 Å². The third-order valence-electron chi connectivity index (χ3n) is 2.66. The van der Waals surface area contributed by atoms with Gasteiger partial charge >= 0.3 is 0 Å². The average Bonchev–Trinajstić information content (AvgIpc) is 2.14. The molecule has 0 aromatic carbocycles. The minimum Gasteiger partial charge on any atom is -0.356 e. The van der Waals surface area contributed by atoms with Crippen molar-refractivity contribution in [3.05, 3.63) is 0 Å². The summed E-state index contributed by atoms with van der Waals surface area (Å²) in [7, 11) is 0. The minimum atomic E-state index is 0.163. The molecule has 1 rings (SSSR count). The summed E-state index contributed by atoms with van der Waals surface area (Å²) in [5.74, 6) is 0.163. The highest BCUT2D eigenvalue weighted by atomic mass is 16.1. The first-order valence-electron chi connectivity index (χ1n) is 5.87. The first-order valence-corrected chi connectivity index (χ1v) is 5.87. The van der Waals surface area contributed by atoms with Crippen molar-refractivity contribution in [2.75, 3.05) is 26.2 Å². The molecule has 2 atom stereocenters. The number of piperazine rings is 1. The van der Waals surface area contributed by atoms with Crippen LogP contribution in [0, 0.1) is 0 Å². The number of hydrogen-bond acceptors (Lipinski definition) is 3. The summed E-state index contributed by atoms with van der Waals surface area (Å²) < 4.78 is 0. The van der Waals surface area contributed by atoms with Gasteiger partial charge in [0.1, 0.15) is 0 Å². The Labute approximate surface area is 92.4 Å². The predicted molar refractivity (Wildman–Crippen MR) is 61.8 cm³/mol. The Kier molecular flexibility index (Phi) is 5.05. The lowest BCUT2D eigenvalue weighted by atomic mass is 10.1. The van der Waals surface area contributed by atoms with E-state index in [4.69, 9.17) is 0 Å². The molecule has 1 amide bonds. The van der Waals surface area contributed by atoms with Gasteiger partial charge in [0.2, 0.25) is 5.91 Å². The quantitative estimate of drug-likeness (QED) is 0.701. The molecule has 1 heterocycles. The van der Waals surface area contributed by atoms with E-state index in [1.165, 1.54) is 0 Å². The van der Waals surface area contributed by atoms with Gasteiger partial charge < -0.3 is 10.6 Å². The zero-order valence-corrected chi connectivity index (χ0v) is 10.0. The fourth-order valence-corrected chi connectivity index (χ4v) is 2.17. The molecule has 15 heavy (non-hydrogen) atoms.